The van der Waals surface area contributed by atoms with Gasteiger partial charge in [0.05, 0.1) is 24.1 Å². The standard InChI is InChI=1S/C30H27FN4O5/c1-39-12-13-40-30(38)22-6-3-7-24(15-22)34-28(36)20-5-2-4-19(14-20)25-16-21(8-9-23(25)17-32)29(37)35-27-10-11-33-18-26(27)31/h2-11,14-16,18H,12-13,17,32H2,1H3,(H,34,36)(H,33,35,37). The zero-order chi connectivity index (χ0) is 28.5. The third kappa shape index (κ3) is 6.93. The van der Waals surface area contributed by atoms with E-state index in [2.05, 4.69) is 15.6 Å². The van der Waals surface area contributed by atoms with Gasteiger partial charge in [0.1, 0.15) is 6.61 Å². The number of carbonyl (C=O) groups is 3. The van der Waals surface area contributed by atoms with Crippen LogP contribution in [-0.4, -0.2) is 43.1 Å². The van der Waals surface area contributed by atoms with E-state index < -0.39 is 23.6 Å². The number of halogens is 1. The van der Waals surface area contributed by atoms with E-state index in [1.165, 1.54) is 25.4 Å². The number of nitrogens with one attached hydrogen (secondary N) is 2. The van der Waals surface area contributed by atoms with Gasteiger partial charge in [-0.1, -0.05) is 24.3 Å². The van der Waals surface area contributed by atoms with Gasteiger partial charge in [-0.2, -0.15) is 0 Å². The minimum atomic E-state index is -0.651. The molecule has 0 unspecified atom stereocenters. The molecule has 3 aromatic carbocycles. The minimum absolute atomic E-state index is 0.00966. The highest BCUT2D eigenvalue weighted by Crippen LogP contribution is 2.27. The van der Waals surface area contributed by atoms with E-state index in [0.717, 1.165) is 11.8 Å². The largest absolute Gasteiger partial charge is 0.460 e. The number of carbonyl (C=O) groups excluding carboxylic acids is 3. The van der Waals surface area contributed by atoms with Crippen LogP contribution in [0.15, 0.2) is 85.2 Å². The molecular weight excluding hydrogens is 515 g/mol. The smallest absolute Gasteiger partial charge is 0.338 e. The van der Waals surface area contributed by atoms with Crippen LogP contribution in [-0.2, 0) is 16.0 Å². The van der Waals surface area contributed by atoms with E-state index in [1.807, 2.05) is 0 Å². The van der Waals surface area contributed by atoms with Crippen molar-refractivity contribution in [1.29, 1.82) is 0 Å². The Morgan fingerprint density at radius 1 is 0.875 bits per heavy atom. The van der Waals surface area contributed by atoms with Crippen LogP contribution in [0.3, 0.4) is 0 Å². The molecule has 0 fully saturated rings. The molecule has 2 amide bonds. The number of benzene rings is 3. The average molecular weight is 543 g/mol. The fourth-order valence-corrected chi connectivity index (χ4v) is 3.89. The van der Waals surface area contributed by atoms with Crippen LogP contribution in [0.1, 0.15) is 36.6 Å². The molecule has 4 rings (SSSR count). The van der Waals surface area contributed by atoms with Crippen LogP contribution in [0.4, 0.5) is 15.8 Å². The van der Waals surface area contributed by atoms with Crippen LogP contribution in [0.2, 0.25) is 0 Å². The van der Waals surface area contributed by atoms with Crippen molar-refractivity contribution in [3.05, 3.63) is 113 Å². The molecule has 40 heavy (non-hydrogen) atoms. The number of anilines is 2. The Hall–Kier alpha value is -4.93. The van der Waals surface area contributed by atoms with Crippen LogP contribution in [0, 0.1) is 5.82 Å². The summed E-state index contributed by atoms with van der Waals surface area (Å²) >= 11 is 0. The molecule has 1 aromatic heterocycles. The fourth-order valence-electron chi connectivity index (χ4n) is 3.89. The molecule has 0 radical (unpaired) electrons. The van der Waals surface area contributed by atoms with E-state index in [0.29, 0.717) is 22.4 Å². The van der Waals surface area contributed by atoms with Gasteiger partial charge in [0, 0.05) is 36.7 Å². The minimum Gasteiger partial charge on any atom is -0.460 e. The molecular formula is C30H27FN4O5. The molecule has 0 saturated carbocycles. The molecule has 1 heterocycles. The van der Waals surface area contributed by atoms with E-state index in [1.54, 1.807) is 60.7 Å². The number of esters is 1. The normalized spacial score (nSPS) is 10.6. The van der Waals surface area contributed by atoms with E-state index >= 15 is 0 Å². The topological polar surface area (TPSA) is 133 Å². The zero-order valence-corrected chi connectivity index (χ0v) is 21.6. The Kier molecular flexibility index (Phi) is 9.29. The Labute approximate surface area is 230 Å². The zero-order valence-electron chi connectivity index (χ0n) is 21.6. The molecule has 0 saturated heterocycles. The van der Waals surface area contributed by atoms with Gasteiger partial charge in [-0.05, 0) is 65.2 Å². The molecule has 204 valence electrons. The quantitative estimate of drug-likeness (QED) is 0.196. The fraction of sp³-hybridized carbons (Fsp3) is 0.133. The third-order valence-corrected chi connectivity index (χ3v) is 5.93. The van der Waals surface area contributed by atoms with Gasteiger partial charge in [0.25, 0.3) is 11.8 Å². The number of amides is 2. The molecule has 0 aliphatic rings. The van der Waals surface area contributed by atoms with Crippen molar-refractivity contribution in [2.24, 2.45) is 5.73 Å². The second-order valence-corrected chi connectivity index (χ2v) is 8.63. The van der Waals surface area contributed by atoms with Crippen molar-refractivity contribution in [3.63, 3.8) is 0 Å². The number of nitrogens with two attached hydrogens (primary N) is 1. The Morgan fingerprint density at radius 3 is 2.40 bits per heavy atom. The summed E-state index contributed by atoms with van der Waals surface area (Å²) in [6.45, 7) is 0.591. The number of aromatic nitrogens is 1. The number of hydrogen-bond acceptors (Lipinski definition) is 7. The lowest BCUT2D eigenvalue weighted by Gasteiger charge is -2.13. The van der Waals surface area contributed by atoms with Gasteiger partial charge < -0.3 is 25.8 Å². The molecule has 0 bridgehead atoms. The Bertz CT molecular complexity index is 1540. The summed E-state index contributed by atoms with van der Waals surface area (Å²) in [5.41, 5.74) is 9.37. The van der Waals surface area contributed by atoms with Gasteiger partial charge in [-0.15, -0.1) is 0 Å². The first-order chi connectivity index (χ1) is 19.4. The van der Waals surface area contributed by atoms with Crippen LogP contribution in [0.25, 0.3) is 11.1 Å². The van der Waals surface area contributed by atoms with Crippen LogP contribution < -0.4 is 16.4 Å². The summed E-state index contributed by atoms with van der Waals surface area (Å²) in [7, 11) is 1.51. The first-order valence-electron chi connectivity index (χ1n) is 12.3. The maximum atomic E-state index is 14.0. The van der Waals surface area contributed by atoms with Crippen molar-refractivity contribution in [1.82, 2.24) is 4.98 Å². The van der Waals surface area contributed by atoms with Crippen molar-refractivity contribution in [3.8, 4) is 11.1 Å². The monoisotopic (exact) mass is 542 g/mol. The molecule has 4 aromatic rings. The average Bonchev–Trinajstić information content (AvgIpc) is 2.98. The Balaban J connectivity index is 1.54. The summed E-state index contributed by atoms with van der Waals surface area (Å²) in [6.07, 6.45) is 2.39. The number of nitrogens with zero attached hydrogens (tertiary/aromatic N) is 1. The van der Waals surface area contributed by atoms with Crippen molar-refractivity contribution in [2.75, 3.05) is 31.0 Å². The molecule has 9 nitrogen and oxygen atoms in total. The van der Waals surface area contributed by atoms with Gasteiger partial charge in [0.2, 0.25) is 0 Å². The molecule has 0 aliphatic heterocycles. The van der Waals surface area contributed by atoms with Crippen molar-refractivity contribution in [2.45, 2.75) is 6.54 Å². The van der Waals surface area contributed by atoms with Crippen molar-refractivity contribution < 1.29 is 28.2 Å². The van der Waals surface area contributed by atoms with E-state index in [4.69, 9.17) is 15.2 Å². The van der Waals surface area contributed by atoms with Gasteiger partial charge in [-0.3, -0.25) is 14.6 Å². The van der Waals surface area contributed by atoms with Gasteiger partial charge >= 0.3 is 5.97 Å². The third-order valence-electron chi connectivity index (χ3n) is 5.93. The molecule has 0 spiro atoms. The second kappa shape index (κ2) is 13.2. The highest BCUT2D eigenvalue weighted by molar-refractivity contribution is 6.06. The number of methoxy groups -OCH3 is 1. The van der Waals surface area contributed by atoms with Gasteiger partial charge in [-0.25, -0.2) is 9.18 Å². The lowest BCUT2D eigenvalue weighted by Crippen LogP contribution is -2.14. The molecule has 10 heteroatoms. The summed E-state index contributed by atoms with van der Waals surface area (Å²) in [4.78, 5) is 41.8. The van der Waals surface area contributed by atoms with E-state index in [9.17, 15) is 18.8 Å². The first kappa shape index (κ1) is 28.1. The van der Waals surface area contributed by atoms with Crippen LogP contribution in [0.5, 0.6) is 0 Å². The predicted octanol–water partition coefficient (Wildman–Crippen LogP) is 4.65. The second-order valence-electron chi connectivity index (χ2n) is 8.63. The summed E-state index contributed by atoms with van der Waals surface area (Å²) < 4.78 is 24.0. The summed E-state index contributed by atoms with van der Waals surface area (Å²) in [6, 6.07) is 19.6. The number of rotatable bonds is 10. The number of pyridine rings is 1. The van der Waals surface area contributed by atoms with Crippen LogP contribution >= 0.6 is 0 Å². The number of ether oxygens (including phenoxy) is 2. The molecule has 4 N–H and O–H groups in total. The highest BCUT2D eigenvalue weighted by Gasteiger charge is 2.15. The highest BCUT2D eigenvalue weighted by atomic mass is 19.1. The molecule has 0 atom stereocenters. The summed E-state index contributed by atoms with van der Waals surface area (Å²) in [5, 5.41) is 5.33. The lowest BCUT2D eigenvalue weighted by atomic mass is 9.95. The lowest BCUT2D eigenvalue weighted by molar-refractivity contribution is 0.0388. The van der Waals surface area contributed by atoms with E-state index in [-0.39, 0.29) is 36.6 Å². The maximum Gasteiger partial charge on any atom is 0.338 e. The molecule has 0 aliphatic carbocycles. The van der Waals surface area contributed by atoms with Gasteiger partial charge in [0.15, 0.2) is 5.82 Å². The SMILES string of the molecule is COCCOC(=O)c1cccc(NC(=O)c2cccc(-c3cc(C(=O)Nc4ccncc4F)ccc3CN)c2)c1. The maximum absolute atomic E-state index is 14.0. The summed E-state index contributed by atoms with van der Waals surface area (Å²) in [5.74, 6) is -2.09. The first-order valence-corrected chi connectivity index (χ1v) is 12.3. The predicted molar refractivity (Wildman–Crippen MR) is 148 cm³/mol. The number of hydrogen-bond donors (Lipinski definition) is 3. The van der Waals surface area contributed by atoms with Crippen molar-refractivity contribution >= 4 is 29.2 Å². The Morgan fingerprint density at radius 2 is 1.62 bits per heavy atom.